The normalized spacial score (nSPS) is 18.2. The molecule has 2 aromatic rings. The van der Waals surface area contributed by atoms with Crippen LogP contribution in [0.4, 0.5) is 16.3 Å². The number of rotatable bonds is 7. The fraction of sp³-hybridized carbons (Fsp3) is 0.500. The summed E-state index contributed by atoms with van der Waals surface area (Å²) >= 11 is 0. The lowest BCUT2D eigenvalue weighted by atomic mass is 10.1. The molecule has 164 valence electrons. The Balaban J connectivity index is 1.02. The van der Waals surface area contributed by atoms with Crippen LogP contribution in [0.2, 0.25) is 0 Å². The maximum Gasteiger partial charge on any atom is 0.320 e. The van der Waals surface area contributed by atoms with Crippen molar-refractivity contribution in [2.45, 2.75) is 38.6 Å². The standard InChI is InChI=1S/C24H31N5O2/c30-24-25-17-19-9-10-22(26-23(19)27-24)31-16-2-1-11-28-12-14-29(15-13-28)21-8-4-6-18-5-3-7-20(18)21/h4,6,8-10H,1-3,5,7,11-17H2,(H2,25,26,27,30). The molecule has 0 radical (unpaired) electrons. The average Bonchev–Trinajstić information content (AvgIpc) is 3.28. The van der Waals surface area contributed by atoms with Gasteiger partial charge in [-0.25, -0.2) is 4.79 Å². The van der Waals surface area contributed by atoms with Gasteiger partial charge in [0.1, 0.15) is 5.82 Å². The molecule has 7 heteroatoms. The highest BCUT2D eigenvalue weighted by atomic mass is 16.5. The molecule has 2 amide bonds. The van der Waals surface area contributed by atoms with E-state index in [0.29, 0.717) is 24.8 Å². The molecule has 0 saturated carbocycles. The molecule has 5 rings (SSSR count). The van der Waals surface area contributed by atoms with Gasteiger partial charge in [-0.3, -0.25) is 10.2 Å². The molecule has 1 aromatic carbocycles. The third-order valence-corrected chi connectivity index (χ3v) is 6.58. The molecule has 31 heavy (non-hydrogen) atoms. The Morgan fingerprint density at radius 1 is 1.00 bits per heavy atom. The summed E-state index contributed by atoms with van der Waals surface area (Å²) in [5, 5.41) is 5.45. The van der Waals surface area contributed by atoms with Gasteiger partial charge >= 0.3 is 6.03 Å². The number of pyridine rings is 1. The van der Waals surface area contributed by atoms with E-state index in [9.17, 15) is 4.79 Å². The number of carbonyl (C=O) groups is 1. The van der Waals surface area contributed by atoms with Crippen LogP contribution in [0.5, 0.6) is 5.88 Å². The predicted octanol–water partition coefficient (Wildman–Crippen LogP) is 3.19. The summed E-state index contributed by atoms with van der Waals surface area (Å²) in [6, 6.07) is 10.5. The van der Waals surface area contributed by atoms with Crippen molar-refractivity contribution >= 4 is 17.5 Å². The van der Waals surface area contributed by atoms with Crippen molar-refractivity contribution in [3.63, 3.8) is 0 Å². The van der Waals surface area contributed by atoms with Crippen LogP contribution >= 0.6 is 0 Å². The first-order chi connectivity index (χ1) is 15.3. The minimum atomic E-state index is -0.214. The van der Waals surface area contributed by atoms with E-state index >= 15 is 0 Å². The summed E-state index contributed by atoms with van der Waals surface area (Å²) in [6.07, 6.45) is 5.92. The number of amides is 2. The zero-order valence-corrected chi connectivity index (χ0v) is 18.0. The zero-order chi connectivity index (χ0) is 21.0. The largest absolute Gasteiger partial charge is 0.478 e. The third kappa shape index (κ3) is 4.61. The number of nitrogens with zero attached hydrogens (tertiary/aromatic N) is 3. The molecule has 3 heterocycles. The summed E-state index contributed by atoms with van der Waals surface area (Å²) < 4.78 is 5.80. The molecule has 1 aromatic heterocycles. The number of urea groups is 1. The lowest BCUT2D eigenvalue weighted by Gasteiger charge is -2.37. The Morgan fingerprint density at radius 3 is 2.81 bits per heavy atom. The maximum absolute atomic E-state index is 11.4. The quantitative estimate of drug-likeness (QED) is 0.672. The Kier molecular flexibility index (Phi) is 5.93. The third-order valence-electron chi connectivity index (χ3n) is 6.58. The molecule has 0 bridgehead atoms. The molecule has 3 aliphatic rings. The maximum atomic E-state index is 11.4. The molecule has 0 spiro atoms. The molecule has 1 fully saturated rings. The number of ether oxygens (including phenoxy) is 1. The summed E-state index contributed by atoms with van der Waals surface area (Å²) in [5.41, 5.74) is 5.62. The van der Waals surface area contributed by atoms with E-state index in [-0.39, 0.29) is 6.03 Å². The van der Waals surface area contributed by atoms with Gasteiger partial charge in [-0.05, 0) is 61.9 Å². The first-order valence-electron chi connectivity index (χ1n) is 11.5. The van der Waals surface area contributed by atoms with Crippen LogP contribution in [-0.4, -0.2) is 55.2 Å². The fourth-order valence-electron chi connectivity index (χ4n) is 4.85. The molecule has 1 aliphatic carbocycles. The molecule has 2 N–H and O–H groups in total. The number of carbonyl (C=O) groups excluding carboxylic acids is 1. The van der Waals surface area contributed by atoms with Crippen molar-refractivity contribution in [3.8, 4) is 5.88 Å². The second-order valence-electron chi connectivity index (χ2n) is 8.62. The van der Waals surface area contributed by atoms with Gasteiger partial charge in [0.25, 0.3) is 0 Å². The number of nitrogens with one attached hydrogen (secondary N) is 2. The van der Waals surface area contributed by atoms with Crippen LogP contribution in [0.15, 0.2) is 30.3 Å². The predicted molar refractivity (Wildman–Crippen MR) is 122 cm³/mol. The van der Waals surface area contributed by atoms with E-state index in [4.69, 9.17) is 4.74 Å². The minimum Gasteiger partial charge on any atom is -0.478 e. The second kappa shape index (κ2) is 9.14. The van der Waals surface area contributed by atoms with Gasteiger partial charge < -0.3 is 15.0 Å². The van der Waals surface area contributed by atoms with Crippen molar-refractivity contribution in [3.05, 3.63) is 47.0 Å². The Labute approximate surface area is 183 Å². The van der Waals surface area contributed by atoms with Gasteiger partial charge in [-0.1, -0.05) is 12.1 Å². The highest BCUT2D eigenvalue weighted by Gasteiger charge is 2.22. The number of fused-ring (bicyclic) bond motifs is 2. The first-order valence-corrected chi connectivity index (χ1v) is 11.5. The molecule has 1 saturated heterocycles. The summed E-state index contributed by atoms with van der Waals surface area (Å²) in [7, 11) is 0. The minimum absolute atomic E-state index is 0.214. The monoisotopic (exact) mass is 421 g/mol. The topological polar surface area (TPSA) is 69.7 Å². The number of aryl methyl sites for hydroxylation is 1. The average molecular weight is 422 g/mol. The number of benzene rings is 1. The number of anilines is 2. The SMILES string of the molecule is O=C1NCc2ccc(OCCCCN3CCN(c4cccc5c4CCC5)CC3)nc2N1. The van der Waals surface area contributed by atoms with Gasteiger partial charge in [-0.2, -0.15) is 4.98 Å². The lowest BCUT2D eigenvalue weighted by molar-refractivity contribution is 0.236. The van der Waals surface area contributed by atoms with Crippen molar-refractivity contribution in [1.82, 2.24) is 15.2 Å². The Morgan fingerprint density at radius 2 is 1.90 bits per heavy atom. The Bertz CT molecular complexity index is 940. The van der Waals surface area contributed by atoms with Gasteiger partial charge in [-0.15, -0.1) is 0 Å². The molecular formula is C24H31N5O2. The van der Waals surface area contributed by atoms with Crippen LogP contribution in [0.1, 0.15) is 36.0 Å². The summed E-state index contributed by atoms with van der Waals surface area (Å²) in [6.45, 7) is 6.76. The van der Waals surface area contributed by atoms with Gasteiger partial charge in [0, 0.05) is 50.0 Å². The summed E-state index contributed by atoms with van der Waals surface area (Å²) in [4.78, 5) is 21.0. The van der Waals surface area contributed by atoms with E-state index in [1.54, 1.807) is 11.1 Å². The van der Waals surface area contributed by atoms with Crippen molar-refractivity contribution in [2.24, 2.45) is 0 Å². The zero-order valence-electron chi connectivity index (χ0n) is 18.0. The number of hydrogen-bond acceptors (Lipinski definition) is 5. The molecular weight excluding hydrogens is 390 g/mol. The van der Waals surface area contributed by atoms with Crippen molar-refractivity contribution < 1.29 is 9.53 Å². The van der Waals surface area contributed by atoms with Crippen LogP contribution in [0.3, 0.4) is 0 Å². The van der Waals surface area contributed by atoms with Crippen molar-refractivity contribution in [2.75, 3.05) is 49.5 Å². The van der Waals surface area contributed by atoms with E-state index in [1.807, 2.05) is 12.1 Å². The number of hydrogen-bond donors (Lipinski definition) is 2. The molecule has 2 aliphatic heterocycles. The number of unbranched alkanes of at least 4 members (excludes halogenated alkanes) is 1. The highest BCUT2D eigenvalue weighted by molar-refractivity contribution is 5.91. The summed E-state index contributed by atoms with van der Waals surface area (Å²) in [5.74, 6) is 1.17. The van der Waals surface area contributed by atoms with Crippen LogP contribution in [0.25, 0.3) is 0 Å². The van der Waals surface area contributed by atoms with Gasteiger partial charge in [0.15, 0.2) is 0 Å². The fourth-order valence-corrected chi connectivity index (χ4v) is 4.85. The van der Waals surface area contributed by atoms with Crippen LogP contribution in [-0.2, 0) is 19.4 Å². The highest BCUT2D eigenvalue weighted by Crippen LogP contribution is 2.31. The van der Waals surface area contributed by atoms with Crippen LogP contribution in [0, 0.1) is 0 Å². The van der Waals surface area contributed by atoms with E-state index in [2.05, 4.69) is 43.6 Å². The van der Waals surface area contributed by atoms with Gasteiger partial charge in [0.05, 0.1) is 6.61 Å². The first kappa shape index (κ1) is 20.1. The second-order valence-corrected chi connectivity index (χ2v) is 8.62. The smallest absolute Gasteiger partial charge is 0.320 e. The molecule has 0 atom stereocenters. The molecule has 0 unspecified atom stereocenters. The van der Waals surface area contributed by atoms with Gasteiger partial charge in [0.2, 0.25) is 5.88 Å². The number of piperazine rings is 1. The number of aromatic nitrogens is 1. The molecule has 7 nitrogen and oxygen atoms in total. The lowest BCUT2D eigenvalue weighted by Crippen LogP contribution is -2.47. The van der Waals surface area contributed by atoms with E-state index in [1.165, 1.54) is 24.9 Å². The van der Waals surface area contributed by atoms with Crippen LogP contribution < -0.4 is 20.3 Å². The van der Waals surface area contributed by atoms with Crippen molar-refractivity contribution in [1.29, 1.82) is 0 Å². The Hall–Kier alpha value is -2.80. The van der Waals surface area contributed by atoms with E-state index < -0.39 is 0 Å². The van der Waals surface area contributed by atoms with E-state index in [0.717, 1.165) is 51.1 Å².